The van der Waals surface area contributed by atoms with Gasteiger partial charge in [-0.3, -0.25) is 0 Å². The van der Waals surface area contributed by atoms with Crippen LogP contribution in [0.25, 0.3) is 0 Å². The molecule has 0 saturated heterocycles. The normalized spacial score (nSPS) is 14.4. The Labute approximate surface area is 117 Å². The Morgan fingerprint density at radius 3 is 2.16 bits per heavy atom. The molecule has 1 aromatic rings. The molecule has 1 N–H and O–H groups in total. The minimum absolute atomic E-state index is 0.0102. The van der Waals surface area contributed by atoms with Crippen molar-refractivity contribution < 1.29 is 4.74 Å². The van der Waals surface area contributed by atoms with E-state index in [1.807, 2.05) is 14.0 Å². The molecule has 2 unspecified atom stereocenters. The second kappa shape index (κ2) is 7.56. The summed E-state index contributed by atoms with van der Waals surface area (Å²) in [6, 6.07) is 0. The molecule has 1 heterocycles. The first-order chi connectivity index (χ1) is 9.04. The topological polar surface area (TPSA) is 47.0 Å². The standard InChI is InChI=1S/C15H27N3O/c1-7-13(19-8-2)15-17-11(4)14(12(5)18-15)10(3)9-16-6/h10,13,16H,7-9H2,1-6H3. The van der Waals surface area contributed by atoms with E-state index < -0.39 is 0 Å². The van der Waals surface area contributed by atoms with Gasteiger partial charge in [-0.2, -0.15) is 0 Å². The number of nitrogens with zero attached hydrogens (tertiary/aromatic N) is 2. The van der Waals surface area contributed by atoms with Crippen molar-refractivity contribution in [3.8, 4) is 0 Å². The Hall–Kier alpha value is -1.00. The fourth-order valence-electron chi connectivity index (χ4n) is 2.59. The number of nitrogens with one attached hydrogen (secondary N) is 1. The van der Waals surface area contributed by atoms with Gasteiger partial charge in [0.25, 0.3) is 0 Å². The lowest BCUT2D eigenvalue weighted by Crippen LogP contribution is -2.19. The van der Waals surface area contributed by atoms with Crippen LogP contribution < -0.4 is 5.32 Å². The summed E-state index contributed by atoms with van der Waals surface area (Å²) in [4.78, 5) is 9.33. The second-order valence-corrected chi connectivity index (χ2v) is 4.98. The van der Waals surface area contributed by atoms with Crippen LogP contribution in [-0.2, 0) is 4.74 Å². The monoisotopic (exact) mass is 265 g/mol. The van der Waals surface area contributed by atoms with Crippen molar-refractivity contribution in [2.75, 3.05) is 20.2 Å². The molecule has 0 saturated carbocycles. The zero-order valence-electron chi connectivity index (χ0n) is 13.1. The maximum Gasteiger partial charge on any atom is 0.157 e. The lowest BCUT2D eigenvalue weighted by atomic mass is 9.98. The van der Waals surface area contributed by atoms with Crippen LogP contribution in [0.5, 0.6) is 0 Å². The Morgan fingerprint density at radius 1 is 1.16 bits per heavy atom. The molecule has 0 aliphatic rings. The summed E-state index contributed by atoms with van der Waals surface area (Å²) in [6.45, 7) is 12.1. The zero-order chi connectivity index (χ0) is 14.4. The minimum atomic E-state index is 0.0102. The molecular formula is C15H27N3O. The Bertz CT molecular complexity index is 383. The van der Waals surface area contributed by atoms with Crippen molar-refractivity contribution in [1.82, 2.24) is 15.3 Å². The number of hydrogen-bond acceptors (Lipinski definition) is 4. The summed E-state index contributed by atoms with van der Waals surface area (Å²) in [5.74, 6) is 1.24. The number of ether oxygens (including phenoxy) is 1. The molecule has 0 aliphatic heterocycles. The zero-order valence-corrected chi connectivity index (χ0v) is 13.1. The van der Waals surface area contributed by atoms with E-state index in [0.717, 1.165) is 30.2 Å². The third kappa shape index (κ3) is 3.98. The molecular weight excluding hydrogens is 238 g/mol. The van der Waals surface area contributed by atoms with Crippen LogP contribution in [0.2, 0.25) is 0 Å². The Morgan fingerprint density at radius 2 is 1.74 bits per heavy atom. The fraction of sp³-hybridized carbons (Fsp3) is 0.733. The average Bonchev–Trinajstić information content (AvgIpc) is 2.35. The lowest BCUT2D eigenvalue weighted by Gasteiger charge is -2.20. The van der Waals surface area contributed by atoms with E-state index >= 15 is 0 Å². The number of aryl methyl sites for hydroxylation is 2. The van der Waals surface area contributed by atoms with Crippen LogP contribution in [0.1, 0.15) is 62.0 Å². The first kappa shape index (κ1) is 16.1. The largest absolute Gasteiger partial charge is 0.371 e. The van der Waals surface area contributed by atoms with E-state index in [9.17, 15) is 0 Å². The van der Waals surface area contributed by atoms with Gasteiger partial charge < -0.3 is 10.1 Å². The van der Waals surface area contributed by atoms with Crippen LogP contribution in [0.4, 0.5) is 0 Å². The van der Waals surface area contributed by atoms with Crippen LogP contribution in [0.15, 0.2) is 0 Å². The summed E-state index contributed by atoms with van der Waals surface area (Å²) in [5, 5.41) is 3.21. The van der Waals surface area contributed by atoms with Gasteiger partial charge in [-0.1, -0.05) is 13.8 Å². The fourth-order valence-corrected chi connectivity index (χ4v) is 2.59. The maximum atomic E-state index is 5.70. The predicted molar refractivity (Wildman–Crippen MR) is 78.5 cm³/mol. The third-order valence-corrected chi connectivity index (χ3v) is 3.37. The first-order valence-electron chi connectivity index (χ1n) is 7.16. The van der Waals surface area contributed by atoms with Crippen LogP contribution >= 0.6 is 0 Å². The van der Waals surface area contributed by atoms with Gasteiger partial charge in [0.2, 0.25) is 0 Å². The summed E-state index contributed by atoms with van der Waals surface area (Å²) in [6.07, 6.45) is 0.911. The summed E-state index contributed by atoms with van der Waals surface area (Å²) < 4.78 is 5.70. The van der Waals surface area contributed by atoms with E-state index in [1.165, 1.54) is 5.56 Å². The highest BCUT2D eigenvalue weighted by Gasteiger charge is 2.18. The molecule has 0 fully saturated rings. The van der Waals surface area contributed by atoms with Gasteiger partial charge in [0, 0.05) is 24.5 Å². The molecule has 4 nitrogen and oxygen atoms in total. The van der Waals surface area contributed by atoms with Crippen LogP contribution in [-0.4, -0.2) is 30.2 Å². The lowest BCUT2D eigenvalue weighted by molar-refractivity contribution is 0.0532. The van der Waals surface area contributed by atoms with Crippen molar-refractivity contribution >= 4 is 0 Å². The molecule has 0 aromatic carbocycles. The highest BCUT2D eigenvalue weighted by atomic mass is 16.5. The summed E-state index contributed by atoms with van der Waals surface area (Å²) in [5.41, 5.74) is 3.40. The van der Waals surface area contributed by atoms with Gasteiger partial charge in [-0.05, 0) is 45.7 Å². The van der Waals surface area contributed by atoms with E-state index in [1.54, 1.807) is 0 Å². The Kier molecular flexibility index (Phi) is 6.38. The first-order valence-corrected chi connectivity index (χ1v) is 7.16. The van der Waals surface area contributed by atoms with Crippen molar-refractivity contribution in [1.29, 1.82) is 0 Å². The molecule has 2 atom stereocenters. The van der Waals surface area contributed by atoms with Gasteiger partial charge in [0.05, 0.1) is 0 Å². The number of hydrogen-bond donors (Lipinski definition) is 1. The van der Waals surface area contributed by atoms with E-state index in [0.29, 0.717) is 12.5 Å². The minimum Gasteiger partial charge on any atom is -0.371 e. The summed E-state index contributed by atoms with van der Waals surface area (Å²) in [7, 11) is 1.97. The molecule has 1 aromatic heterocycles. The van der Waals surface area contributed by atoms with Crippen molar-refractivity contribution in [2.24, 2.45) is 0 Å². The second-order valence-electron chi connectivity index (χ2n) is 4.98. The molecule has 0 spiro atoms. The van der Waals surface area contributed by atoms with Gasteiger partial charge in [-0.15, -0.1) is 0 Å². The molecule has 19 heavy (non-hydrogen) atoms. The highest BCUT2D eigenvalue weighted by Crippen LogP contribution is 2.24. The Balaban J connectivity index is 3.08. The number of rotatable bonds is 7. The maximum absolute atomic E-state index is 5.70. The van der Waals surface area contributed by atoms with Crippen molar-refractivity contribution in [3.63, 3.8) is 0 Å². The molecule has 0 amide bonds. The SMILES string of the molecule is CCOC(CC)c1nc(C)c(C(C)CNC)c(C)n1. The smallest absolute Gasteiger partial charge is 0.157 e. The quantitative estimate of drug-likeness (QED) is 0.823. The van der Waals surface area contributed by atoms with Gasteiger partial charge in [-0.25, -0.2) is 9.97 Å². The molecule has 4 heteroatoms. The number of likely N-dealkylation sites (N-methyl/N-ethyl adjacent to an activating group) is 1. The van der Waals surface area contributed by atoms with E-state index in [4.69, 9.17) is 4.74 Å². The molecule has 108 valence electrons. The van der Waals surface area contributed by atoms with Gasteiger partial charge in [0.15, 0.2) is 5.82 Å². The predicted octanol–water partition coefficient (Wildman–Crippen LogP) is 2.90. The number of aromatic nitrogens is 2. The third-order valence-electron chi connectivity index (χ3n) is 3.37. The van der Waals surface area contributed by atoms with Gasteiger partial charge in [0.1, 0.15) is 6.10 Å². The molecule has 0 aliphatic carbocycles. The summed E-state index contributed by atoms with van der Waals surface area (Å²) >= 11 is 0. The average molecular weight is 265 g/mol. The molecule has 0 radical (unpaired) electrons. The van der Waals surface area contributed by atoms with E-state index in [-0.39, 0.29) is 6.10 Å². The molecule has 0 bridgehead atoms. The van der Waals surface area contributed by atoms with E-state index in [2.05, 4.69) is 43.0 Å². The van der Waals surface area contributed by atoms with Crippen molar-refractivity contribution in [3.05, 3.63) is 22.8 Å². The van der Waals surface area contributed by atoms with Crippen molar-refractivity contribution in [2.45, 2.75) is 53.1 Å². The van der Waals surface area contributed by atoms with Crippen LogP contribution in [0, 0.1) is 13.8 Å². The highest BCUT2D eigenvalue weighted by molar-refractivity contribution is 5.28. The van der Waals surface area contributed by atoms with Gasteiger partial charge >= 0.3 is 0 Å². The van der Waals surface area contributed by atoms with Crippen LogP contribution in [0.3, 0.4) is 0 Å². The molecule has 1 rings (SSSR count).